The van der Waals surface area contributed by atoms with E-state index in [1.54, 1.807) is 24.3 Å². The Labute approximate surface area is 114 Å². The van der Waals surface area contributed by atoms with Crippen LogP contribution < -0.4 is 5.32 Å². The minimum atomic E-state index is -2.13. The maximum atomic E-state index is 12.4. The van der Waals surface area contributed by atoms with Gasteiger partial charge in [0.05, 0.1) is 0 Å². The van der Waals surface area contributed by atoms with Gasteiger partial charge in [0, 0.05) is 28.4 Å². The first-order valence-corrected chi connectivity index (χ1v) is 6.19. The standard InChI is InChI=1S/C15H11NO4/c17-8-5-6-11-12(7-8)16-15(20)13(18)9-3-1-2-4-10(9)14(11,15)19/h1-7,16-17,19-20H/t14-,15-/m0/s1. The number of rotatable bonds is 0. The molecule has 0 fully saturated rings. The van der Waals surface area contributed by atoms with E-state index in [1.807, 2.05) is 0 Å². The zero-order chi connectivity index (χ0) is 14.1. The summed E-state index contributed by atoms with van der Waals surface area (Å²) in [6.07, 6.45) is 0. The van der Waals surface area contributed by atoms with Gasteiger partial charge in [-0.05, 0) is 12.1 Å². The van der Waals surface area contributed by atoms with Crippen LogP contribution in [0.25, 0.3) is 0 Å². The van der Waals surface area contributed by atoms with Crippen molar-refractivity contribution in [2.45, 2.75) is 11.3 Å². The van der Waals surface area contributed by atoms with E-state index >= 15 is 0 Å². The molecule has 4 N–H and O–H groups in total. The highest BCUT2D eigenvalue weighted by Gasteiger charge is 2.67. The zero-order valence-electron chi connectivity index (χ0n) is 10.3. The Morgan fingerprint density at radius 1 is 1.00 bits per heavy atom. The first-order valence-electron chi connectivity index (χ1n) is 6.19. The van der Waals surface area contributed by atoms with Crippen molar-refractivity contribution in [2.75, 3.05) is 5.32 Å². The van der Waals surface area contributed by atoms with E-state index in [2.05, 4.69) is 5.32 Å². The highest BCUT2D eigenvalue weighted by molar-refractivity contribution is 6.12. The molecular formula is C15H11NO4. The molecule has 0 bridgehead atoms. The fourth-order valence-electron chi connectivity index (χ4n) is 3.18. The van der Waals surface area contributed by atoms with Gasteiger partial charge in [0.25, 0.3) is 0 Å². The summed E-state index contributed by atoms with van der Waals surface area (Å²) in [6, 6.07) is 10.9. The van der Waals surface area contributed by atoms with Crippen LogP contribution in [0.1, 0.15) is 21.5 Å². The van der Waals surface area contributed by atoms with Crippen molar-refractivity contribution in [1.29, 1.82) is 0 Å². The van der Waals surface area contributed by atoms with Gasteiger partial charge < -0.3 is 20.6 Å². The van der Waals surface area contributed by atoms with Crippen LogP contribution in [0, 0.1) is 0 Å². The number of ketones is 1. The van der Waals surface area contributed by atoms with Crippen molar-refractivity contribution >= 4 is 11.5 Å². The number of hydrogen-bond acceptors (Lipinski definition) is 5. The third-order valence-electron chi connectivity index (χ3n) is 4.12. The molecule has 2 aliphatic rings. The maximum absolute atomic E-state index is 12.4. The molecule has 2 atom stereocenters. The molecule has 100 valence electrons. The molecule has 0 aromatic heterocycles. The quantitative estimate of drug-likeness (QED) is 0.571. The molecular weight excluding hydrogens is 258 g/mol. The second kappa shape index (κ2) is 3.20. The van der Waals surface area contributed by atoms with Crippen LogP contribution in [0.15, 0.2) is 42.5 Å². The van der Waals surface area contributed by atoms with Crippen LogP contribution in [-0.4, -0.2) is 26.8 Å². The topological polar surface area (TPSA) is 89.8 Å². The summed E-state index contributed by atoms with van der Waals surface area (Å²) in [5.41, 5.74) is -2.60. The lowest BCUT2D eigenvalue weighted by atomic mass is 9.85. The molecule has 1 aliphatic carbocycles. The molecule has 5 nitrogen and oxygen atoms in total. The van der Waals surface area contributed by atoms with E-state index in [9.17, 15) is 20.1 Å². The van der Waals surface area contributed by atoms with Crippen LogP contribution in [0.2, 0.25) is 0 Å². The monoisotopic (exact) mass is 269 g/mol. The third kappa shape index (κ3) is 1.01. The minimum absolute atomic E-state index is 0.0100. The minimum Gasteiger partial charge on any atom is -0.508 e. The molecule has 5 heteroatoms. The number of anilines is 1. The number of Topliss-reactive ketones (excluding diaryl/α,β-unsaturated/α-hetero) is 1. The largest absolute Gasteiger partial charge is 0.508 e. The van der Waals surface area contributed by atoms with Crippen LogP contribution in [0.4, 0.5) is 5.69 Å². The van der Waals surface area contributed by atoms with E-state index in [4.69, 9.17) is 0 Å². The predicted molar refractivity (Wildman–Crippen MR) is 70.5 cm³/mol. The van der Waals surface area contributed by atoms with Crippen molar-refractivity contribution in [3.8, 4) is 5.75 Å². The van der Waals surface area contributed by atoms with Gasteiger partial charge in [0.2, 0.25) is 11.5 Å². The summed E-state index contributed by atoms with van der Waals surface area (Å²) in [6.45, 7) is 0. The molecule has 1 aliphatic heterocycles. The average Bonchev–Trinajstić information content (AvgIpc) is 2.76. The number of hydrogen-bond donors (Lipinski definition) is 4. The molecule has 4 rings (SSSR count). The summed E-state index contributed by atoms with van der Waals surface area (Å²) >= 11 is 0. The molecule has 20 heavy (non-hydrogen) atoms. The van der Waals surface area contributed by atoms with Gasteiger partial charge in [-0.25, -0.2) is 0 Å². The summed E-state index contributed by atoms with van der Waals surface area (Å²) in [5, 5.41) is 33.9. The van der Waals surface area contributed by atoms with Crippen molar-refractivity contribution in [3.63, 3.8) is 0 Å². The lowest BCUT2D eigenvalue weighted by Crippen LogP contribution is -2.54. The van der Waals surface area contributed by atoms with Crippen molar-refractivity contribution < 1.29 is 20.1 Å². The number of carbonyl (C=O) groups is 1. The van der Waals surface area contributed by atoms with Crippen LogP contribution >= 0.6 is 0 Å². The molecule has 0 spiro atoms. The highest BCUT2D eigenvalue weighted by atomic mass is 16.4. The SMILES string of the molecule is O=C1c2ccccc2[C@]2(O)c3ccc(O)cc3N[C@]12O. The van der Waals surface area contributed by atoms with Gasteiger partial charge in [0.15, 0.2) is 5.60 Å². The van der Waals surface area contributed by atoms with Gasteiger partial charge in [-0.3, -0.25) is 4.79 Å². The fraction of sp³-hybridized carbons (Fsp3) is 0.133. The predicted octanol–water partition coefficient (Wildman–Crippen LogP) is 0.938. The molecule has 1 heterocycles. The summed E-state index contributed by atoms with van der Waals surface area (Å²) < 4.78 is 0. The van der Waals surface area contributed by atoms with Crippen LogP contribution in [0.3, 0.4) is 0 Å². The van der Waals surface area contributed by atoms with E-state index in [0.29, 0.717) is 22.4 Å². The number of fused-ring (bicyclic) bond motifs is 5. The second-order valence-corrected chi connectivity index (χ2v) is 5.15. The lowest BCUT2D eigenvalue weighted by molar-refractivity contribution is -0.0716. The highest BCUT2D eigenvalue weighted by Crippen LogP contribution is 2.55. The molecule has 2 aromatic carbocycles. The number of aliphatic hydroxyl groups is 2. The Morgan fingerprint density at radius 2 is 1.75 bits per heavy atom. The Hall–Kier alpha value is -2.37. The Morgan fingerprint density at radius 3 is 2.55 bits per heavy atom. The van der Waals surface area contributed by atoms with E-state index in [1.165, 1.54) is 18.2 Å². The van der Waals surface area contributed by atoms with Crippen molar-refractivity contribution in [1.82, 2.24) is 0 Å². The second-order valence-electron chi connectivity index (χ2n) is 5.15. The third-order valence-corrected chi connectivity index (χ3v) is 4.12. The Kier molecular flexibility index (Phi) is 1.83. The maximum Gasteiger partial charge on any atom is 0.239 e. The number of aromatic hydroxyl groups is 1. The summed E-state index contributed by atoms with van der Waals surface area (Å²) in [5.74, 6) is -0.588. The van der Waals surface area contributed by atoms with Crippen LogP contribution in [-0.2, 0) is 5.60 Å². The van der Waals surface area contributed by atoms with Crippen molar-refractivity contribution in [3.05, 3.63) is 59.2 Å². The summed E-state index contributed by atoms with van der Waals surface area (Å²) in [4.78, 5) is 12.4. The Bertz CT molecular complexity index is 772. The van der Waals surface area contributed by atoms with E-state index < -0.39 is 17.1 Å². The first kappa shape index (κ1) is 11.5. The fourth-order valence-corrected chi connectivity index (χ4v) is 3.18. The lowest BCUT2D eigenvalue weighted by Gasteiger charge is -2.30. The summed E-state index contributed by atoms with van der Waals surface area (Å²) in [7, 11) is 0. The number of benzene rings is 2. The molecule has 0 amide bonds. The normalized spacial score (nSPS) is 29.6. The van der Waals surface area contributed by atoms with Gasteiger partial charge in [-0.15, -0.1) is 0 Å². The van der Waals surface area contributed by atoms with Crippen molar-refractivity contribution in [2.24, 2.45) is 0 Å². The number of carbonyl (C=O) groups excluding carboxylic acids is 1. The molecule has 0 unspecified atom stereocenters. The molecule has 0 saturated heterocycles. The van der Waals surface area contributed by atoms with E-state index in [0.717, 1.165) is 0 Å². The van der Waals surface area contributed by atoms with E-state index in [-0.39, 0.29) is 5.75 Å². The van der Waals surface area contributed by atoms with Crippen LogP contribution in [0.5, 0.6) is 5.75 Å². The van der Waals surface area contributed by atoms with Gasteiger partial charge in [-0.2, -0.15) is 0 Å². The van der Waals surface area contributed by atoms with Gasteiger partial charge >= 0.3 is 0 Å². The van der Waals surface area contributed by atoms with Gasteiger partial charge in [-0.1, -0.05) is 24.3 Å². The molecule has 0 saturated carbocycles. The molecule has 2 aromatic rings. The smallest absolute Gasteiger partial charge is 0.239 e. The number of nitrogens with one attached hydrogen (secondary N) is 1. The number of phenolic OH excluding ortho intramolecular Hbond substituents is 1. The zero-order valence-corrected chi connectivity index (χ0v) is 10.3. The Balaban J connectivity index is 2.09. The molecule has 0 radical (unpaired) electrons. The average molecular weight is 269 g/mol. The number of phenols is 1. The first-order chi connectivity index (χ1) is 9.48. The van der Waals surface area contributed by atoms with Gasteiger partial charge in [0.1, 0.15) is 5.75 Å².